The lowest BCUT2D eigenvalue weighted by molar-refractivity contribution is 0.103. The highest BCUT2D eigenvalue weighted by Gasteiger charge is 2.13. The van der Waals surface area contributed by atoms with Gasteiger partial charge in [-0.25, -0.2) is 0 Å². The molecule has 0 heterocycles. The van der Waals surface area contributed by atoms with Crippen LogP contribution in [0.15, 0.2) is 60.2 Å². The van der Waals surface area contributed by atoms with Crippen LogP contribution in [0.5, 0.6) is 0 Å². The largest absolute Gasteiger partial charge is 0.507 e. The van der Waals surface area contributed by atoms with Crippen molar-refractivity contribution in [2.75, 3.05) is 19.0 Å². The van der Waals surface area contributed by atoms with Gasteiger partial charge in [0.1, 0.15) is 5.76 Å². The van der Waals surface area contributed by atoms with E-state index in [4.69, 9.17) is 0 Å². The van der Waals surface area contributed by atoms with Gasteiger partial charge in [0, 0.05) is 36.5 Å². The summed E-state index contributed by atoms with van der Waals surface area (Å²) in [6.07, 6.45) is 0. The fourth-order valence-corrected chi connectivity index (χ4v) is 2.05. The standard InChI is InChI=1S/C18H19NO2/c1-13(17(20)14-7-5-4-6-8-14)18(21)15-9-11-16(12-10-15)19(2)3/h4-12,21H,1-3H3/b18-13-. The zero-order valence-electron chi connectivity index (χ0n) is 12.5. The number of hydrogen-bond donors (Lipinski definition) is 1. The Bertz CT molecular complexity index is 655. The molecule has 3 heteroatoms. The minimum atomic E-state index is -0.162. The van der Waals surface area contributed by atoms with Crippen LogP contribution in [0.3, 0.4) is 0 Å². The Hall–Kier alpha value is -2.55. The number of ketones is 1. The zero-order chi connectivity index (χ0) is 15.4. The van der Waals surface area contributed by atoms with Crippen molar-refractivity contribution < 1.29 is 9.90 Å². The predicted molar refractivity (Wildman–Crippen MR) is 86.8 cm³/mol. The first kappa shape index (κ1) is 14.9. The number of carbonyl (C=O) groups excluding carboxylic acids is 1. The molecule has 0 aliphatic carbocycles. The van der Waals surface area contributed by atoms with E-state index < -0.39 is 0 Å². The summed E-state index contributed by atoms with van der Waals surface area (Å²) in [7, 11) is 3.91. The van der Waals surface area contributed by atoms with Gasteiger partial charge < -0.3 is 10.0 Å². The molecule has 0 fully saturated rings. The molecule has 0 atom stereocenters. The van der Waals surface area contributed by atoms with Crippen LogP contribution in [0, 0.1) is 0 Å². The fraction of sp³-hybridized carbons (Fsp3) is 0.167. The molecule has 1 N–H and O–H groups in total. The smallest absolute Gasteiger partial charge is 0.192 e. The van der Waals surface area contributed by atoms with Gasteiger partial charge in [0.05, 0.1) is 0 Å². The maximum Gasteiger partial charge on any atom is 0.192 e. The molecule has 0 aliphatic rings. The molecule has 2 aromatic carbocycles. The maximum atomic E-state index is 12.3. The summed E-state index contributed by atoms with van der Waals surface area (Å²) in [5, 5.41) is 10.3. The van der Waals surface area contributed by atoms with Gasteiger partial charge in [0.25, 0.3) is 0 Å². The summed E-state index contributed by atoms with van der Waals surface area (Å²) in [5.41, 5.74) is 2.60. The SMILES string of the molecule is C/C(C(=O)c1ccccc1)=C(/O)c1ccc(N(C)C)cc1. The van der Waals surface area contributed by atoms with E-state index in [1.165, 1.54) is 0 Å². The Labute approximate surface area is 125 Å². The zero-order valence-corrected chi connectivity index (χ0v) is 12.5. The second-order valence-electron chi connectivity index (χ2n) is 5.11. The van der Waals surface area contributed by atoms with E-state index in [0.29, 0.717) is 16.7 Å². The summed E-state index contributed by atoms with van der Waals surface area (Å²) in [6, 6.07) is 16.4. The average Bonchev–Trinajstić information content (AvgIpc) is 2.53. The van der Waals surface area contributed by atoms with Crippen molar-refractivity contribution in [1.29, 1.82) is 0 Å². The molecule has 108 valence electrons. The van der Waals surface area contributed by atoms with Crippen LogP contribution in [-0.2, 0) is 0 Å². The molecular formula is C18H19NO2. The van der Waals surface area contributed by atoms with Gasteiger partial charge in [-0.15, -0.1) is 0 Å². The van der Waals surface area contributed by atoms with E-state index in [9.17, 15) is 9.90 Å². The molecule has 0 aliphatic heterocycles. The number of Topliss-reactive ketones (excluding diaryl/α,β-unsaturated/α-hetero) is 1. The first-order valence-electron chi connectivity index (χ1n) is 6.78. The third-order valence-corrected chi connectivity index (χ3v) is 3.39. The van der Waals surface area contributed by atoms with Crippen molar-refractivity contribution in [3.8, 4) is 0 Å². The van der Waals surface area contributed by atoms with Crippen molar-refractivity contribution in [3.63, 3.8) is 0 Å². The lowest BCUT2D eigenvalue weighted by Gasteiger charge is -2.13. The number of aliphatic hydroxyl groups excluding tert-OH is 1. The lowest BCUT2D eigenvalue weighted by Crippen LogP contribution is -2.08. The molecule has 0 radical (unpaired) electrons. The molecule has 0 bridgehead atoms. The third kappa shape index (κ3) is 3.31. The summed E-state index contributed by atoms with van der Waals surface area (Å²) in [6.45, 7) is 1.64. The first-order chi connectivity index (χ1) is 10.0. The second-order valence-corrected chi connectivity index (χ2v) is 5.11. The molecule has 0 unspecified atom stereocenters. The number of rotatable bonds is 4. The topological polar surface area (TPSA) is 40.5 Å². The first-order valence-corrected chi connectivity index (χ1v) is 6.78. The molecule has 21 heavy (non-hydrogen) atoms. The number of aliphatic hydroxyl groups is 1. The molecular weight excluding hydrogens is 262 g/mol. The fourth-order valence-electron chi connectivity index (χ4n) is 2.05. The van der Waals surface area contributed by atoms with Crippen LogP contribution in [0.25, 0.3) is 5.76 Å². The van der Waals surface area contributed by atoms with Crippen molar-refractivity contribution in [3.05, 3.63) is 71.3 Å². The van der Waals surface area contributed by atoms with Gasteiger partial charge in [-0.3, -0.25) is 4.79 Å². The van der Waals surface area contributed by atoms with Crippen LogP contribution < -0.4 is 4.90 Å². The highest BCUT2D eigenvalue weighted by atomic mass is 16.3. The Kier molecular flexibility index (Phi) is 4.43. The van der Waals surface area contributed by atoms with Crippen molar-refractivity contribution in [2.24, 2.45) is 0 Å². The molecule has 0 saturated carbocycles. The average molecular weight is 281 g/mol. The molecule has 0 saturated heterocycles. The third-order valence-electron chi connectivity index (χ3n) is 3.39. The van der Waals surface area contributed by atoms with Gasteiger partial charge >= 0.3 is 0 Å². The predicted octanol–water partition coefficient (Wildman–Crippen LogP) is 3.92. The van der Waals surface area contributed by atoms with E-state index in [-0.39, 0.29) is 11.5 Å². The van der Waals surface area contributed by atoms with Crippen LogP contribution >= 0.6 is 0 Å². The minimum absolute atomic E-state index is 0.0224. The number of benzene rings is 2. The van der Waals surface area contributed by atoms with Crippen molar-refractivity contribution >= 4 is 17.2 Å². The van der Waals surface area contributed by atoms with E-state index in [0.717, 1.165) is 5.69 Å². The van der Waals surface area contributed by atoms with Crippen molar-refractivity contribution in [1.82, 2.24) is 0 Å². The Morgan fingerprint density at radius 2 is 1.48 bits per heavy atom. The molecule has 0 spiro atoms. The van der Waals surface area contributed by atoms with Crippen LogP contribution in [0.1, 0.15) is 22.8 Å². The van der Waals surface area contributed by atoms with Gasteiger partial charge in [-0.05, 0) is 31.2 Å². The summed E-state index contributed by atoms with van der Waals surface area (Å²) < 4.78 is 0. The van der Waals surface area contributed by atoms with E-state index >= 15 is 0 Å². The number of nitrogens with zero attached hydrogens (tertiary/aromatic N) is 1. The van der Waals surface area contributed by atoms with Gasteiger partial charge in [0.15, 0.2) is 5.78 Å². The van der Waals surface area contributed by atoms with E-state index in [2.05, 4.69) is 0 Å². The van der Waals surface area contributed by atoms with E-state index in [1.807, 2.05) is 61.5 Å². The van der Waals surface area contributed by atoms with Crippen LogP contribution in [0.2, 0.25) is 0 Å². The molecule has 3 nitrogen and oxygen atoms in total. The highest BCUT2D eigenvalue weighted by molar-refractivity contribution is 6.11. The number of carbonyl (C=O) groups is 1. The van der Waals surface area contributed by atoms with Crippen molar-refractivity contribution in [2.45, 2.75) is 6.92 Å². The highest BCUT2D eigenvalue weighted by Crippen LogP contribution is 2.21. The normalized spacial score (nSPS) is 11.8. The Balaban J connectivity index is 2.32. The number of hydrogen-bond acceptors (Lipinski definition) is 3. The molecule has 2 aromatic rings. The summed E-state index contributed by atoms with van der Waals surface area (Å²) in [5.74, 6) is -0.140. The number of anilines is 1. The molecule has 0 amide bonds. The van der Waals surface area contributed by atoms with Gasteiger partial charge in [0.2, 0.25) is 0 Å². The number of allylic oxidation sites excluding steroid dienone is 1. The summed E-state index contributed by atoms with van der Waals surface area (Å²) >= 11 is 0. The van der Waals surface area contributed by atoms with E-state index in [1.54, 1.807) is 19.1 Å². The minimum Gasteiger partial charge on any atom is -0.507 e. The summed E-state index contributed by atoms with van der Waals surface area (Å²) in [4.78, 5) is 14.3. The van der Waals surface area contributed by atoms with Gasteiger partial charge in [-0.1, -0.05) is 30.3 Å². The molecule has 0 aromatic heterocycles. The molecule has 2 rings (SSSR count). The Morgan fingerprint density at radius 1 is 0.905 bits per heavy atom. The maximum absolute atomic E-state index is 12.3. The van der Waals surface area contributed by atoms with Crippen LogP contribution in [-0.4, -0.2) is 25.0 Å². The quantitative estimate of drug-likeness (QED) is 0.524. The monoisotopic (exact) mass is 281 g/mol. The van der Waals surface area contributed by atoms with Gasteiger partial charge in [-0.2, -0.15) is 0 Å². The Morgan fingerprint density at radius 3 is 2.00 bits per heavy atom. The van der Waals surface area contributed by atoms with Crippen LogP contribution in [0.4, 0.5) is 5.69 Å². The lowest BCUT2D eigenvalue weighted by atomic mass is 10.0. The second kappa shape index (κ2) is 6.27.